The fourth-order valence-corrected chi connectivity index (χ4v) is 1.09. The lowest BCUT2D eigenvalue weighted by Crippen LogP contribution is -2.73. The first-order valence-electron chi connectivity index (χ1n) is 4.98. The van der Waals surface area contributed by atoms with E-state index in [1.807, 2.05) is 0 Å². The van der Waals surface area contributed by atoms with Gasteiger partial charge in [0.1, 0.15) is 0 Å². The average molecular weight is 434 g/mol. The van der Waals surface area contributed by atoms with Crippen molar-refractivity contribution in [2.45, 2.75) is 41.7 Å². The molecule has 0 aliphatic carbocycles. The highest BCUT2D eigenvalue weighted by Gasteiger charge is 2.94. The first-order chi connectivity index (χ1) is 10.4. The second kappa shape index (κ2) is 6.29. The maximum Gasteiger partial charge on any atom is 0.460 e. The van der Waals surface area contributed by atoms with Crippen LogP contribution < -0.4 is 0 Å². The van der Waals surface area contributed by atoms with Crippen molar-refractivity contribution in [2.75, 3.05) is 0 Å². The minimum absolute atomic E-state index is 0. The van der Waals surface area contributed by atoms with E-state index in [9.17, 15) is 75.0 Å². The molecule has 0 aliphatic heterocycles. The van der Waals surface area contributed by atoms with Crippen LogP contribution in [0, 0.1) is 0 Å². The molecular formula is C8H2F16O2. The maximum atomic E-state index is 12.8. The molecule has 26 heavy (non-hydrogen) atoms. The van der Waals surface area contributed by atoms with Gasteiger partial charge in [-0.2, -0.15) is 70.2 Å². The Hall–Kier alpha value is -1.49. The summed E-state index contributed by atoms with van der Waals surface area (Å²) in [6.07, 6.45) is -7.72. The van der Waals surface area contributed by atoms with Gasteiger partial charge in [0.2, 0.25) is 0 Å². The first-order valence-corrected chi connectivity index (χ1v) is 4.98. The van der Waals surface area contributed by atoms with Crippen molar-refractivity contribution in [3.05, 3.63) is 0 Å². The molecule has 0 atom stereocenters. The van der Waals surface area contributed by atoms with Crippen LogP contribution in [0.4, 0.5) is 70.2 Å². The lowest BCUT2D eigenvalue weighted by Gasteiger charge is -2.40. The topological polar surface area (TPSA) is 48.6 Å². The van der Waals surface area contributed by atoms with Crippen molar-refractivity contribution in [3.8, 4) is 0 Å². The van der Waals surface area contributed by atoms with Gasteiger partial charge >= 0.3 is 47.7 Å². The summed E-state index contributed by atoms with van der Waals surface area (Å²) in [6, 6.07) is -4.78. The molecule has 0 saturated heterocycles. The van der Waals surface area contributed by atoms with Gasteiger partial charge in [0.25, 0.3) is 0 Å². The van der Waals surface area contributed by atoms with Gasteiger partial charge in [0, 0.05) is 0 Å². The summed E-state index contributed by atoms with van der Waals surface area (Å²) in [5, 5.41) is 0. The fraction of sp³-hybridized carbons (Fsp3) is 0.875. The molecule has 0 aromatic carbocycles. The molecule has 0 aromatic heterocycles. The second-order valence-corrected chi connectivity index (χ2v) is 4.22. The number of carbonyl (C=O) groups excluding carboxylic acids is 1. The van der Waals surface area contributed by atoms with Crippen LogP contribution in [0.2, 0.25) is 0 Å². The second-order valence-electron chi connectivity index (χ2n) is 4.22. The number of hydrogen-bond donors (Lipinski definition) is 0. The van der Waals surface area contributed by atoms with E-state index < -0.39 is 47.7 Å². The van der Waals surface area contributed by atoms with Crippen LogP contribution >= 0.6 is 0 Å². The molecule has 0 spiro atoms. The zero-order valence-corrected chi connectivity index (χ0v) is 11.0. The SMILES string of the molecule is O.O=C(F)C(F)(F)C(F)(F)C(F)(F)C(F)(F)C(F)(F)C(F)(F)C(F)(F)F. The smallest absolute Gasteiger partial charge is 0.412 e. The van der Waals surface area contributed by atoms with Crippen LogP contribution in [-0.2, 0) is 4.79 Å². The van der Waals surface area contributed by atoms with E-state index in [0.717, 1.165) is 0 Å². The summed E-state index contributed by atoms with van der Waals surface area (Å²) in [6.45, 7) is 0. The van der Waals surface area contributed by atoms with Gasteiger partial charge in [-0.25, -0.2) is 0 Å². The van der Waals surface area contributed by atoms with Crippen molar-refractivity contribution in [1.29, 1.82) is 0 Å². The van der Waals surface area contributed by atoms with Gasteiger partial charge in [-0.05, 0) is 0 Å². The van der Waals surface area contributed by atoms with Crippen LogP contribution in [0.15, 0.2) is 0 Å². The molecular weight excluding hydrogens is 432 g/mol. The average Bonchev–Trinajstić information content (AvgIpc) is 2.35. The molecule has 0 radical (unpaired) electrons. The molecule has 2 nitrogen and oxygen atoms in total. The number of alkyl halides is 15. The third-order valence-corrected chi connectivity index (χ3v) is 2.57. The van der Waals surface area contributed by atoms with Gasteiger partial charge in [-0.3, -0.25) is 4.79 Å². The first kappa shape index (κ1) is 26.7. The van der Waals surface area contributed by atoms with Crippen molar-refractivity contribution >= 4 is 6.04 Å². The van der Waals surface area contributed by atoms with E-state index in [4.69, 9.17) is 0 Å². The summed E-state index contributed by atoms with van der Waals surface area (Å²) in [5.74, 6) is -49.1. The molecule has 0 heterocycles. The molecule has 2 N–H and O–H groups in total. The van der Waals surface area contributed by atoms with E-state index in [0.29, 0.717) is 0 Å². The van der Waals surface area contributed by atoms with Gasteiger partial charge in [0.05, 0.1) is 0 Å². The molecule has 0 saturated carbocycles. The third-order valence-electron chi connectivity index (χ3n) is 2.57. The molecule has 0 bridgehead atoms. The Kier molecular flexibility index (Phi) is 6.47. The van der Waals surface area contributed by atoms with E-state index in [2.05, 4.69) is 0 Å². The fourth-order valence-electron chi connectivity index (χ4n) is 1.09. The predicted octanol–water partition coefficient (Wildman–Crippen LogP) is 4.03. The van der Waals surface area contributed by atoms with Crippen molar-refractivity contribution in [1.82, 2.24) is 0 Å². The lowest BCUT2D eigenvalue weighted by molar-refractivity contribution is -0.449. The molecule has 0 rings (SSSR count). The van der Waals surface area contributed by atoms with Gasteiger partial charge in [0.15, 0.2) is 0 Å². The zero-order chi connectivity index (χ0) is 21.1. The van der Waals surface area contributed by atoms with Crippen molar-refractivity contribution in [2.24, 2.45) is 0 Å². The summed E-state index contributed by atoms with van der Waals surface area (Å²) in [7, 11) is 0. The minimum Gasteiger partial charge on any atom is -0.412 e. The predicted molar refractivity (Wildman–Crippen MR) is 45.5 cm³/mol. The summed E-state index contributed by atoms with van der Waals surface area (Å²) >= 11 is 0. The molecule has 18 heteroatoms. The minimum atomic E-state index is -8.53. The van der Waals surface area contributed by atoms with Crippen molar-refractivity contribution in [3.63, 3.8) is 0 Å². The summed E-state index contributed by atoms with van der Waals surface area (Å²) in [4.78, 5) is 9.50. The Balaban J connectivity index is 0. The number of carbonyl (C=O) groups is 1. The van der Waals surface area contributed by atoms with E-state index >= 15 is 0 Å². The normalized spacial score (nSPS) is 15.5. The molecule has 0 fully saturated rings. The Morgan fingerprint density at radius 1 is 0.462 bits per heavy atom. The van der Waals surface area contributed by atoms with Crippen LogP contribution in [0.3, 0.4) is 0 Å². The van der Waals surface area contributed by atoms with Crippen LogP contribution in [0.25, 0.3) is 0 Å². The standard InChI is InChI=1S/C8F16O.H2O/c9-1(25)2(10,11)3(12,13)4(14,15)5(16,17)6(18,19)7(20,21)8(22,23)24;/h;1H2. The van der Waals surface area contributed by atoms with Crippen LogP contribution in [-0.4, -0.2) is 53.2 Å². The molecule has 0 unspecified atom stereocenters. The highest BCUT2D eigenvalue weighted by molar-refractivity contribution is 5.78. The molecule has 0 aliphatic rings. The Morgan fingerprint density at radius 2 is 0.692 bits per heavy atom. The zero-order valence-electron chi connectivity index (χ0n) is 11.0. The van der Waals surface area contributed by atoms with Crippen LogP contribution in [0.5, 0.6) is 0 Å². The van der Waals surface area contributed by atoms with E-state index in [1.54, 1.807) is 0 Å². The van der Waals surface area contributed by atoms with Gasteiger partial charge < -0.3 is 5.48 Å². The van der Waals surface area contributed by atoms with Gasteiger partial charge in [-0.1, -0.05) is 0 Å². The summed E-state index contributed by atoms with van der Waals surface area (Å²) < 4.78 is 198. The number of halogens is 16. The summed E-state index contributed by atoms with van der Waals surface area (Å²) in [5.41, 5.74) is 0. The molecule has 158 valence electrons. The van der Waals surface area contributed by atoms with Crippen molar-refractivity contribution < 1.29 is 80.5 Å². The number of hydrogen-bond acceptors (Lipinski definition) is 1. The maximum absolute atomic E-state index is 12.8. The third kappa shape index (κ3) is 3.04. The quantitative estimate of drug-likeness (QED) is 0.460. The highest BCUT2D eigenvalue weighted by Crippen LogP contribution is 2.62. The Morgan fingerprint density at radius 3 is 0.923 bits per heavy atom. The molecule has 0 aromatic rings. The lowest BCUT2D eigenvalue weighted by atomic mass is 9.91. The largest absolute Gasteiger partial charge is 0.460 e. The van der Waals surface area contributed by atoms with E-state index in [-0.39, 0.29) is 5.48 Å². The monoisotopic (exact) mass is 434 g/mol. The Bertz CT molecular complexity index is 531. The van der Waals surface area contributed by atoms with E-state index in [1.165, 1.54) is 0 Å². The highest BCUT2D eigenvalue weighted by atomic mass is 19.4. The molecule has 0 amide bonds. The van der Waals surface area contributed by atoms with Crippen LogP contribution in [0.1, 0.15) is 0 Å². The van der Waals surface area contributed by atoms with Gasteiger partial charge in [-0.15, -0.1) is 0 Å². The number of rotatable bonds is 6. The Labute approximate surface area is 130 Å².